The van der Waals surface area contributed by atoms with Crippen LogP contribution in [0.3, 0.4) is 0 Å². The Morgan fingerprint density at radius 2 is 2.35 bits per heavy atom. The first kappa shape index (κ1) is 12.3. The molecule has 4 nitrogen and oxygen atoms in total. The van der Waals surface area contributed by atoms with Crippen molar-refractivity contribution in [1.29, 1.82) is 0 Å². The predicted molar refractivity (Wildman–Crippen MR) is 68.1 cm³/mol. The van der Waals surface area contributed by atoms with Gasteiger partial charge in [-0.05, 0) is 25.7 Å². The fourth-order valence-corrected chi connectivity index (χ4v) is 2.07. The molecule has 1 unspecified atom stereocenters. The van der Waals surface area contributed by atoms with Crippen LogP contribution in [-0.4, -0.2) is 29.2 Å². The normalized spacial score (nSPS) is 20.2. The number of rotatable bonds is 5. The summed E-state index contributed by atoms with van der Waals surface area (Å²) in [5, 5.41) is 3.34. The second-order valence-corrected chi connectivity index (χ2v) is 4.51. The van der Waals surface area contributed by atoms with Crippen LogP contribution in [0.5, 0.6) is 0 Å². The molecule has 2 heterocycles. The molecule has 1 aliphatic rings. The highest BCUT2D eigenvalue weighted by Crippen LogP contribution is 2.13. The van der Waals surface area contributed by atoms with E-state index in [9.17, 15) is 0 Å². The van der Waals surface area contributed by atoms with E-state index < -0.39 is 0 Å². The molecule has 0 spiro atoms. The van der Waals surface area contributed by atoms with Gasteiger partial charge in [0.15, 0.2) is 0 Å². The predicted octanol–water partition coefficient (Wildman–Crippen LogP) is 2.41. The quantitative estimate of drug-likeness (QED) is 0.851. The van der Waals surface area contributed by atoms with Crippen molar-refractivity contribution in [2.75, 3.05) is 18.5 Å². The molecule has 0 aromatic carbocycles. The van der Waals surface area contributed by atoms with E-state index in [4.69, 9.17) is 4.74 Å². The molecule has 1 N–H and O–H groups in total. The van der Waals surface area contributed by atoms with Crippen LogP contribution >= 0.6 is 0 Å². The van der Waals surface area contributed by atoms with Gasteiger partial charge in [0.1, 0.15) is 12.1 Å². The van der Waals surface area contributed by atoms with Crippen LogP contribution in [0.2, 0.25) is 0 Å². The van der Waals surface area contributed by atoms with Crippen molar-refractivity contribution in [1.82, 2.24) is 9.97 Å². The van der Waals surface area contributed by atoms with E-state index >= 15 is 0 Å². The Kier molecular flexibility index (Phi) is 4.74. The minimum Gasteiger partial charge on any atom is -0.376 e. The van der Waals surface area contributed by atoms with Gasteiger partial charge in [-0.2, -0.15) is 0 Å². The van der Waals surface area contributed by atoms with E-state index in [2.05, 4.69) is 22.2 Å². The van der Waals surface area contributed by atoms with Gasteiger partial charge in [-0.15, -0.1) is 0 Å². The first-order valence-electron chi connectivity index (χ1n) is 6.55. The molecule has 4 heteroatoms. The summed E-state index contributed by atoms with van der Waals surface area (Å²) < 4.78 is 5.67. The fourth-order valence-electron chi connectivity index (χ4n) is 2.07. The molecule has 1 fully saturated rings. The van der Waals surface area contributed by atoms with Gasteiger partial charge >= 0.3 is 0 Å². The summed E-state index contributed by atoms with van der Waals surface area (Å²) in [6, 6.07) is 2.03. The van der Waals surface area contributed by atoms with Crippen LogP contribution in [0.1, 0.15) is 38.3 Å². The Morgan fingerprint density at radius 3 is 3.12 bits per heavy atom. The summed E-state index contributed by atoms with van der Waals surface area (Å²) in [5.41, 5.74) is 1.11. The molecule has 1 aromatic heterocycles. The highest BCUT2D eigenvalue weighted by atomic mass is 16.5. The highest BCUT2D eigenvalue weighted by molar-refractivity contribution is 5.34. The lowest BCUT2D eigenvalue weighted by atomic mass is 10.1. The minimum atomic E-state index is 0.341. The number of ether oxygens (including phenoxy) is 1. The van der Waals surface area contributed by atoms with Crippen molar-refractivity contribution in [3.63, 3.8) is 0 Å². The lowest BCUT2D eigenvalue weighted by Gasteiger charge is -2.22. The van der Waals surface area contributed by atoms with Gasteiger partial charge in [-0.3, -0.25) is 0 Å². The van der Waals surface area contributed by atoms with Crippen molar-refractivity contribution in [2.45, 2.75) is 45.1 Å². The van der Waals surface area contributed by atoms with Gasteiger partial charge in [0.2, 0.25) is 0 Å². The first-order valence-corrected chi connectivity index (χ1v) is 6.55. The van der Waals surface area contributed by atoms with E-state index in [0.29, 0.717) is 6.10 Å². The van der Waals surface area contributed by atoms with Crippen molar-refractivity contribution in [2.24, 2.45) is 0 Å². The average molecular weight is 235 g/mol. The van der Waals surface area contributed by atoms with Crippen molar-refractivity contribution < 1.29 is 4.74 Å². The number of hydrogen-bond acceptors (Lipinski definition) is 4. The number of anilines is 1. The zero-order valence-corrected chi connectivity index (χ0v) is 10.5. The van der Waals surface area contributed by atoms with Gasteiger partial charge in [0, 0.05) is 24.9 Å². The van der Waals surface area contributed by atoms with Gasteiger partial charge in [0.25, 0.3) is 0 Å². The Labute approximate surface area is 103 Å². The van der Waals surface area contributed by atoms with Gasteiger partial charge in [-0.25, -0.2) is 9.97 Å². The number of hydrogen-bond donors (Lipinski definition) is 1. The molecule has 0 saturated carbocycles. The molecule has 1 atom stereocenters. The van der Waals surface area contributed by atoms with Crippen LogP contribution < -0.4 is 5.32 Å². The molecular formula is C13H21N3O. The zero-order chi connectivity index (χ0) is 11.9. The Balaban J connectivity index is 1.83. The average Bonchev–Trinajstić information content (AvgIpc) is 2.39. The summed E-state index contributed by atoms with van der Waals surface area (Å²) in [4.78, 5) is 8.47. The van der Waals surface area contributed by atoms with Gasteiger partial charge in [-0.1, -0.05) is 13.3 Å². The third kappa shape index (κ3) is 3.97. The topological polar surface area (TPSA) is 47.0 Å². The Hall–Kier alpha value is -1.16. The Bertz CT molecular complexity index is 337. The lowest BCUT2D eigenvalue weighted by Crippen LogP contribution is -2.27. The number of aryl methyl sites for hydroxylation is 1. The Morgan fingerprint density at radius 1 is 1.41 bits per heavy atom. The third-order valence-electron chi connectivity index (χ3n) is 3.01. The molecule has 0 aliphatic carbocycles. The van der Waals surface area contributed by atoms with Crippen LogP contribution in [0, 0.1) is 0 Å². The van der Waals surface area contributed by atoms with Gasteiger partial charge < -0.3 is 10.1 Å². The smallest absolute Gasteiger partial charge is 0.129 e. The molecule has 1 saturated heterocycles. The van der Waals surface area contributed by atoms with E-state index in [1.807, 2.05) is 6.07 Å². The maximum Gasteiger partial charge on any atom is 0.129 e. The molecule has 17 heavy (non-hydrogen) atoms. The van der Waals surface area contributed by atoms with E-state index in [1.54, 1.807) is 6.33 Å². The first-order chi connectivity index (χ1) is 8.38. The summed E-state index contributed by atoms with van der Waals surface area (Å²) in [5.74, 6) is 0.914. The third-order valence-corrected chi connectivity index (χ3v) is 3.01. The van der Waals surface area contributed by atoms with Crippen molar-refractivity contribution in [3.8, 4) is 0 Å². The molecule has 1 aliphatic heterocycles. The standard InChI is InChI=1S/C13H21N3O/c1-2-5-11-8-13(16-10-15-11)14-9-12-6-3-4-7-17-12/h8,10,12H,2-7,9H2,1H3,(H,14,15,16). The van der Waals surface area contributed by atoms with Crippen LogP contribution in [0.4, 0.5) is 5.82 Å². The molecule has 0 radical (unpaired) electrons. The lowest BCUT2D eigenvalue weighted by molar-refractivity contribution is 0.0247. The maximum atomic E-state index is 5.67. The van der Waals surface area contributed by atoms with Crippen LogP contribution in [0.25, 0.3) is 0 Å². The fraction of sp³-hybridized carbons (Fsp3) is 0.692. The summed E-state index contributed by atoms with van der Waals surface area (Å²) in [6.45, 7) is 3.91. The minimum absolute atomic E-state index is 0.341. The highest BCUT2D eigenvalue weighted by Gasteiger charge is 2.13. The van der Waals surface area contributed by atoms with Crippen molar-refractivity contribution in [3.05, 3.63) is 18.1 Å². The van der Waals surface area contributed by atoms with E-state index in [0.717, 1.165) is 43.9 Å². The molecule has 0 amide bonds. The SMILES string of the molecule is CCCc1cc(NCC2CCCCO2)ncn1. The summed E-state index contributed by atoms with van der Waals surface area (Å²) in [7, 11) is 0. The second-order valence-electron chi connectivity index (χ2n) is 4.51. The van der Waals surface area contributed by atoms with E-state index in [-0.39, 0.29) is 0 Å². The molecule has 94 valence electrons. The largest absolute Gasteiger partial charge is 0.376 e. The number of aromatic nitrogens is 2. The maximum absolute atomic E-state index is 5.67. The molecular weight excluding hydrogens is 214 g/mol. The number of nitrogens with one attached hydrogen (secondary N) is 1. The van der Waals surface area contributed by atoms with Crippen LogP contribution in [-0.2, 0) is 11.2 Å². The summed E-state index contributed by atoms with van der Waals surface area (Å²) in [6.07, 6.45) is 7.73. The molecule has 0 bridgehead atoms. The number of nitrogens with zero attached hydrogens (tertiary/aromatic N) is 2. The summed E-state index contributed by atoms with van der Waals surface area (Å²) >= 11 is 0. The van der Waals surface area contributed by atoms with Gasteiger partial charge in [0.05, 0.1) is 6.10 Å². The molecule has 2 rings (SSSR count). The second kappa shape index (κ2) is 6.55. The molecule has 1 aromatic rings. The van der Waals surface area contributed by atoms with Crippen LogP contribution in [0.15, 0.2) is 12.4 Å². The van der Waals surface area contributed by atoms with Crippen molar-refractivity contribution >= 4 is 5.82 Å². The van der Waals surface area contributed by atoms with E-state index in [1.165, 1.54) is 12.8 Å². The zero-order valence-electron chi connectivity index (χ0n) is 10.5. The monoisotopic (exact) mass is 235 g/mol.